The zero-order chi connectivity index (χ0) is 17.5. The highest BCUT2D eigenvalue weighted by atomic mass is 35.5. The molecule has 0 aromatic heterocycles. The number of carbonyl (C=O) groups is 2. The lowest BCUT2D eigenvalue weighted by atomic mass is 9.85. The van der Waals surface area contributed by atoms with Crippen molar-refractivity contribution in [2.75, 3.05) is 19.8 Å². The van der Waals surface area contributed by atoms with Crippen LogP contribution in [0.1, 0.15) is 25.3 Å². The Hall–Kier alpha value is -2.15. The van der Waals surface area contributed by atoms with E-state index < -0.39 is 34.2 Å². The maximum Gasteiger partial charge on any atom is 0.339 e. The number of ether oxygens (including phenoxy) is 2. The van der Waals surface area contributed by atoms with Gasteiger partial charge >= 0.3 is 11.9 Å². The van der Waals surface area contributed by atoms with Gasteiger partial charge in [0.1, 0.15) is 0 Å². The Labute approximate surface area is 138 Å². The Morgan fingerprint density at radius 2 is 1.65 bits per heavy atom. The van der Waals surface area contributed by atoms with Crippen LogP contribution in [0.2, 0.25) is 0 Å². The van der Waals surface area contributed by atoms with Gasteiger partial charge in [-0.1, -0.05) is 41.9 Å². The third-order valence-electron chi connectivity index (χ3n) is 3.16. The van der Waals surface area contributed by atoms with E-state index in [4.69, 9.17) is 21.1 Å². The summed E-state index contributed by atoms with van der Waals surface area (Å²) in [7, 11) is 0. The van der Waals surface area contributed by atoms with Gasteiger partial charge in [0.05, 0.1) is 19.1 Å². The fraction of sp³-hybridized carbons (Fsp3) is 0.467. The normalized spacial score (nSPS) is 12.3. The maximum atomic E-state index is 12.3. The van der Waals surface area contributed by atoms with Crippen molar-refractivity contribution in [2.24, 2.45) is 0 Å². The van der Waals surface area contributed by atoms with E-state index in [1.54, 1.807) is 44.2 Å². The number of rotatable bonds is 8. The van der Waals surface area contributed by atoms with Crippen LogP contribution in [0.15, 0.2) is 30.3 Å². The molecule has 1 aromatic carbocycles. The number of alkyl halides is 1. The zero-order valence-corrected chi connectivity index (χ0v) is 13.6. The Balaban J connectivity index is 3.39. The van der Waals surface area contributed by atoms with Gasteiger partial charge in [-0.05, 0) is 19.4 Å². The Morgan fingerprint density at radius 3 is 2.04 bits per heavy atom. The minimum absolute atomic E-state index is 0.0211. The molecular weight excluding hydrogens is 326 g/mol. The molecule has 0 saturated heterocycles. The van der Waals surface area contributed by atoms with Gasteiger partial charge in [-0.25, -0.2) is 9.59 Å². The molecule has 1 rings (SSSR count). The number of nitro groups is 1. The topological polar surface area (TPSA) is 95.7 Å². The van der Waals surface area contributed by atoms with Crippen LogP contribution in [-0.2, 0) is 19.1 Å². The fourth-order valence-electron chi connectivity index (χ4n) is 2.14. The molecule has 0 radical (unpaired) electrons. The predicted octanol–water partition coefficient (Wildman–Crippen LogP) is 2.15. The van der Waals surface area contributed by atoms with Gasteiger partial charge in [-0.15, -0.1) is 0 Å². The molecule has 0 aliphatic rings. The minimum Gasteiger partial charge on any atom is -0.464 e. The van der Waals surface area contributed by atoms with Crippen LogP contribution in [0, 0.1) is 10.1 Å². The van der Waals surface area contributed by atoms with Gasteiger partial charge < -0.3 is 9.47 Å². The molecule has 126 valence electrons. The summed E-state index contributed by atoms with van der Waals surface area (Å²) in [6.07, 6.45) is 0. The van der Waals surface area contributed by atoms with Crippen LogP contribution in [0.4, 0.5) is 0 Å². The average Bonchev–Trinajstić information content (AvgIpc) is 2.53. The highest BCUT2D eigenvalue weighted by molar-refractivity contribution is 6.45. The van der Waals surface area contributed by atoms with Gasteiger partial charge in [-0.2, -0.15) is 0 Å². The van der Waals surface area contributed by atoms with E-state index in [0.29, 0.717) is 5.56 Å². The molecule has 0 fully saturated rings. The number of halogens is 1. The zero-order valence-electron chi connectivity index (χ0n) is 12.9. The van der Waals surface area contributed by atoms with Crippen molar-refractivity contribution >= 4 is 23.5 Å². The summed E-state index contributed by atoms with van der Waals surface area (Å²) in [5.74, 6) is -3.34. The van der Waals surface area contributed by atoms with Crippen LogP contribution >= 0.6 is 11.6 Å². The first kappa shape index (κ1) is 18.9. The Bertz CT molecular complexity index is 544. The predicted molar refractivity (Wildman–Crippen MR) is 82.9 cm³/mol. The molecule has 0 spiro atoms. The third-order valence-corrected chi connectivity index (χ3v) is 3.73. The number of carbonyl (C=O) groups excluding carboxylic acids is 2. The van der Waals surface area contributed by atoms with Crippen molar-refractivity contribution in [3.63, 3.8) is 0 Å². The van der Waals surface area contributed by atoms with Crippen LogP contribution in [0.5, 0.6) is 0 Å². The first-order valence-corrected chi connectivity index (χ1v) is 7.45. The van der Waals surface area contributed by atoms with Crippen molar-refractivity contribution in [3.8, 4) is 0 Å². The largest absolute Gasteiger partial charge is 0.464 e. The summed E-state index contributed by atoms with van der Waals surface area (Å²) < 4.78 is 9.73. The first-order valence-electron chi connectivity index (χ1n) is 7.07. The highest BCUT2D eigenvalue weighted by Crippen LogP contribution is 2.37. The van der Waals surface area contributed by atoms with E-state index in [2.05, 4.69) is 0 Å². The second-order valence-corrected chi connectivity index (χ2v) is 5.23. The van der Waals surface area contributed by atoms with Gasteiger partial charge in [0.2, 0.25) is 6.54 Å². The Morgan fingerprint density at radius 1 is 1.17 bits per heavy atom. The molecule has 23 heavy (non-hydrogen) atoms. The molecule has 8 heteroatoms. The third kappa shape index (κ3) is 4.41. The highest BCUT2D eigenvalue weighted by Gasteiger charge is 2.56. The second kappa shape index (κ2) is 8.47. The summed E-state index contributed by atoms with van der Waals surface area (Å²) in [6.45, 7) is 2.33. The summed E-state index contributed by atoms with van der Waals surface area (Å²) >= 11 is 6.29. The molecule has 0 bridgehead atoms. The van der Waals surface area contributed by atoms with E-state index in [1.165, 1.54) is 0 Å². The molecule has 0 N–H and O–H groups in total. The van der Waals surface area contributed by atoms with E-state index in [0.717, 1.165) is 0 Å². The lowest BCUT2D eigenvalue weighted by Gasteiger charge is -2.29. The van der Waals surface area contributed by atoms with Gasteiger partial charge in [0.15, 0.2) is 0 Å². The van der Waals surface area contributed by atoms with Crippen LogP contribution in [0.3, 0.4) is 0 Å². The summed E-state index contributed by atoms with van der Waals surface area (Å²) in [6, 6.07) is 8.09. The molecule has 0 saturated carbocycles. The molecular formula is C15H18ClNO6. The molecule has 0 amide bonds. The van der Waals surface area contributed by atoms with Gasteiger partial charge in [0, 0.05) is 4.92 Å². The minimum atomic E-state index is -2.32. The summed E-state index contributed by atoms with van der Waals surface area (Å²) in [5, 5.41) is 11.0. The van der Waals surface area contributed by atoms with E-state index in [1.807, 2.05) is 0 Å². The number of benzene rings is 1. The molecule has 0 aliphatic heterocycles. The lowest BCUT2D eigenvalue weighted by Crippen LogP contribution is -2.50. The smallest absolute Gasteiger partial charge is 0.339 e. The number of esters is 2. The summed E-state index contributed by atoms with van der Waals surface area (Å²) in [5.41, 5.74) is 0.375. The maximum absolute atomic E-state index is 12.3. The van der Waals surface area contributed by atoms with E-state index in [9.17, 15) is 19.7 Å². The number of hydrogen-bond acceptors (Lipinski definition) is 6. The quantitative estimate of drug-likeness (QED) is 0.236. The van der Waals surface area contributed by atoms with Gasteiger partial charge in [-0.3, -0.25) is 10.1 Å². The fourth-order valence-corrected chi connectivity index (χ4v) is 2.44. The van der Waals surface area contributed by atoms with Crippen molar-refractivity contribution in [2.45, 2.75) is 24.6 Å². The summed E-state index contributed by atoms with van der Waals surface area (Å²) in [4.78, 5) is 32.7. The number of hydrogen-bond donors (Lipinski definition) is 0. The van der Waals surface area contributed by atoms with Crippen LogP contribution in [0.25, 0.3) is 0 Å². The number of nitrogens with zero attached hydrogens (tertiary/aromatic N) is 1. The van der Waals surface area contributed by atoms with Crippen molar-refractivity contribution in [1.29, 1.82) is 0 Å². The standard InChI is InChI=1S/C15H18ClNO6/c1-3-22-13(18)15(16,14(19)23-4-2)12(10-17(20)21)11-8-6-5-7-9-11/h5-9,12H,3-4,10H2,1-2H3/t12-/m0/s1. The van der Waals surface area contributed by atoms with E-state index >= 15 is 0 Å². The van der Waals surface area contributed by atoms with Crippen molar-refractivity contribution in [1.82, 2.24) is 0 Å². The molecule has 0 unspecified atom stereocenters. The lowest BCUT2D eigenvalue weighted by molar-refractivity contribution is -0.483. The molecule has 1 aromatic rings. The van der Waals surface area contributed by atoms with Crippen molar-refractivity contribution < 1.29 is 24.0 Å². The molecule has 1 atom stereocenters. The van der Waals surface area contributed by atoms with Crippen LogP contribution < -0.4 is 0 Å². The van der Waals surface area contributed by atoms with Crippen LogP contribution in [-0.4, -0.2) is 41.5 Å². The average molecular weight is 344 g/mol. The van der Waals surface area contributed by atoms with Gasteiger partial charge in [0.25, 0.3) is 4.87 Å². The second-order valence-electron chi connectivity index (χ2n) is 4.63. The molecule has 0 heterocycles. The van der Waals surface area contributed by atoms with E-state index in [-0.39, 0.29) is 13.2 Å². The van der Waals surface area contributed by atoms with Crippen molar-refractivity contribution in [3.05, 3.63) is 46.0 Å². The first-order chi connectivity index (χ1) is 10.9. The monoisotopic (exact) mass is 343 g/mol. The SMILES string of the molecule is CCOC(=O)C(Cl)(C(=O)OCC)[C@@H](C[N+](=O)[O-])c1ccccc1. The molecule has 0 aliphatic carbocycles. The molecule has 7 nitrogen and oxygen atoms in total. The Kier molecular flexibility index (Phi) is 6.96.